The minimum atomic E-state index is -0.619. The van der Waals surface area contributed by atoms with Gasteiger partial charge in [0.25, 0.3) is 0 Å². The molecule has 2 rings (SSSR count). The van der Waals surface area contributed by atoms with Crippen LogP contribution in [0.25, 0.3) is 0 Å². The Balaban J connectivity index is 2.27. The summed E-state index contributed by atoms with van der Waals surface area (Å²) in [6.45, 7) is 8.65. The Hall–Kier alpha value is -2.04. The highest BCUT2D eigenvalue weighted by Crippen LogP contribution is 2.24. The van der Waals surface area contributed by atoms with Crippen molar-refractivity contribution in [1.29, 1.82) is 0 Å². The molecule has 0 aromatic heterocycles. The Morgan fingerprint density at radius 3 is 2.47 bits per heavy atom. The van der Waals surface area contributed by atoms with Crippen LogP contribution in [0.1, 0.15) is 48.9 Å². The second-order valence-electron chi connectivity index (χ2n) is 7.68. The fraction of sp³-hybridized carbons (Fsp3) is 0.417. The third kappa shape index (κ3) is 6.75. The minimum Gasteiger partial charge on any atom is -0.354 e. The summed E-state index contributed by atoms with van der Waals surface area (Å²) in [4.78, 5) is 27.6. The fourth-order valence-corrected chi connectivity index (χ4v) is 3.68. The van der Waals surface area contributed by atoms with Gasteiger partial charge >= 0.3 is 0 Å². The molecule has 6 heteroatoms. The van der Waals surface area contributed by atoms with Gasteiger partial charge in [0, 0.05) is 23.1 Å². The van der Waals surface area contributed by atoms with E-state index in [1.165, 1.54) is 0 Å². The Kier molecular flexibility index (Phi) is 9.19. The van der Waals surface area contributed by atoms with Crippen LogP contribution in [-0.2, 0) is 22.6 Å². The molecule has 0 bridgehead atoms. The molecule has 1 N–H and O–H groups in total. The van der Waals surface area contributed by atoms with Gasteiger partial charge in [-0.25, -0.2) is 0 Å². The number of carbonyl (C=O) groups excluding carboxylic acids is 2. The van der Waals surface area contributed by atoms with E-state index in [9.17, 15) is 9.59 Å². The van der Waals surface area contributed by atoms with Crippen molar-refractivity contribution in [3.05, 3.63) is 68.7 Å². The zero-order valence-electron chi connectivity index (χ0n) is 18.1. The highest BCUT2D eigenvalue weighted by Gasteiger charge is 2.27. The van der Waals surface area contributed by atoms with Gasteiger partial charge in [0.15, 0.2) is 0 Å². The van der Waals surface area contributed by atoms with Crippen LogP contribution in [0.15, 0.2) is 36.4 Å². The van der Waals surface area contributed by atoms with Gasteiger partial charge in [-0.05, 0) is 56.0 Å². The molecule has 0 fully saturated rings. The number of amides is 2. The van der Waals surface area contributed by atoms with Crippen LogP contribution in [0, 0.1) is 13.8 Å². The van der Waals surface area contributed by atoms with E-state index in [1.54, 1.807) is 30.0 Å². The number of hydrogen-bond acceptors (Lipinski definition) is 2. The number of rotatable bonds is 9. The molecule has 0 spiro atoms. The predicted octanol–water partition coefficient (Wildman–Crippen LogP) is 5.49. The van der Waals surface area contributed by atoms with Crippen LogP contribution >= 0.6 is 23.2 Å². The van der Waals surface area contributed by atoms with Crippen molar-refractivity contribution in [2.45, 2.75) is 59.5 Å². The molecule has 2 aromatic carbocycles. The smallest absolute Gasteiger partial charge is 0.242 e. The summed E-state index contributed by atoms with van der Waals surface area (Å²) >= 11 is 12.4. The molecule has 0 aliphatic heterocycles. The first-order valence-corrected chi connectivity index (χ1v) is 11.1. The first kappa shape index (κ1) is 24.2. The molecule has 162 valence electrons. The highest BCUT2D eigenvalue weighted by molar-refractivity contribution is 6.35. The van der Waals surface area contributed by atoms with Gasteiger partial charge in [-0.1, -0.05) is 66.4 Å². The summed E-state index contributed by atoms with van der Waals surface area (Å²) in [5, 5.41) is 3.93. The summed E-state index contributed by atoms with van der Waals surface area (Å²) in [6.07, 6.45) is 2.12. The Morgan fingerprint density at radius 1 is 1.07 bits per heavy atom. The summed E-state index contributed by atoms with van der Waals surface area (Å²) in [7, 11) is 0. The molecule has 0 saturated heterocycles. The van der Waals surface area contributed by atoms with Gasteiger partial charge in [0.2, 0.25) is 11.8 Å². The van der Waals surface area contributed by atoms with Crippen molar-refractivity contribution in [3.63, 3.8) is 0 Å². The lowest BCUT2D eigenvalue weighted by Crippen LogP contribution is -2.48. The van der Waals surface area contributed by atoms with E-state index in [1.807, 2.05) is 32.0 Å². The molecule has 0 radical (unpaired) electrons. The Bertz CT molecular complexity index is 899. The minimum absolute atomic E-state index is 0.118. The number of nitrogens with one attached hydrogen (secondary N) is 1. The summed E-state index contributed by atoms with van der Waals surface area (Å²) in [5.41, 5.74) is 3.87. The van der Waals surface area contributed by atoms with Gasteiger partial charge in [-0.2, -0.15) is 0 Å². The van der Waals surface area contributed by atoms with E-state index in [0.717, 1.165) is 35.1 Å². The number of nitrogens with zero attached hydrogens (tertiary/aromatic N) is 1. The second kappa shape index (κ2) is 11.4. The SMILES string of the molecule is CCCCNC(=O)[C@H](C)N(Cc1ccc(Cl)cc1Cl)C(=O)Cc1cc(C)ccc1C. The number of aryl methyl sites for hydroxylation is 2. The molecule has 0 aliphatic carbocycles. The first-order chi connectivity index (χ1) is 14.2. The normalized spacial score (nSPS) is 11.8. The van der Waals surface area contributed by atoms with Gasteiger partial charge in [-0.15, -0.1) is 0 Å². The van der Waals surface area contributed by atoms with Crippen molar-refractivity contribution in [2.75, 3.05) is 6.54 Å². The zero-order valence-corrected chi connectivity index (χ0v) is 19.6. The average molecular weight is 449 g/mol. The van der Waals surface area contributed by atoms with Crippen molar-refractivity contribution < 1.29 is 9.59 Å². The van der Waals surface area contributed by atoms with E-state index in [-0.39, 0.29) is 24.8 Å². The maximum atomic E-state index is 13.3. The second-order valence-corrected chi connectivity index (χ2v) is 8.53. The molecule has 30 heavy (non-hydrogen) atoms. The van der Waals surface area contributed by atoms with Gasteiger partial charge in [-0.3, -0.25) is 9.59 Å². The number of benzene rings is 2. The molecule has 0 saturated carbocycles. The van der Waals surface area contributed by atoms with E-state index in [0.29, 0.717) is 16.6 Å². The van der Waals surface area contributed by atoms with Gasteiger partial charge < -0.3 is 10.2 Å². The average Bonchev–Trinajstić information content (AvgIpc) is 2.69. The van der Waals surface area contributed by atoms with E-state index >= 15 is 0 Å². The van der Waals surface area contributed by atoms with E-state index < -0.39 is 6.04 Å². The van der Waals surface area contributed by atoms with Crippen LogP contribution in [-0.4, -0.2) is 29.3 Å². The molecule has 2 amide bonds. The lowest BCUT2D eigenvalue weighted by atomic mass is 10.0. The summed E-state index contributed by atoms with van der Waals surface area (Å²) < 4.78 is 0. The van der Waals surface area contributed by atoms with Crippen molar-refractivity contribution >= 4 is 35.0 Å². The van der Waals surface area contributed by atoms with Crippen LogP contribution in [0.4, 0.5) is 0 Å². The van der Waals surface area contributed by atoms with Crippen molar-refractivity contribution in [2.24, 2.45) is 0 Å². The lowest BCUT2D eigenvalue weighted by molar-refractivity contribution is -0.140. The Labute approximate surface area is 189 Å². The third-order valence-electron chi connectivity index (χ3n) is 5.20. The monoisotopic (exact) mass is 448 g/mol. The van der Waals surface area contributed by atoms with Crippen molar-refractivity contribution in [1.82, 2.24) is 10.2 Å². The maximum absolute atomic E-state index is 13.3. The van der Waals surface area contributed by atoms with Crippen molar-refractivity contribution in [3.8, 4) is 0 Å². The molecule has 1 atom stereocenters. The predicted molar refractivity (Wildman–Crippen MR) is 124 cm³/mol. The first-order valence-electron chi connectivity index (χ1n) is 10.3. The van der Waals surface area contributed by atoms with Crippen LogP contribution in [0.3, 0.4) is 0 Å². The van der Waals surface area contributed by atoms with E-state index in [2.05, 4.69) is 12.2 Å². The highest BCUT2D eigenvalue weighted by atomic mass is 35.5. The van der Waals surface area contributed by atoms with Gasteiger partial charge in [0.1, 0.15) is 6.04 Å². The third-order valence-corrected chi connectivity index (χ3v) is 5.79. The molecule has 4 nitrogen and oxygen atoms in total. The zero-order chi connectivity index (χ0) is 22.3. The summed E-state index contributed by atoms with van der Waals surface area (Å²) in [5.74, 6) is -0.282. The summed E-state index contributed by atoms with van der Waals surface area (Å²) in [6, 6.07) is 10.6. The maximum Gasteiger partial charge on any atom is 0.242 e. The van der Waals surface area contributed by atoms with Crippen LogP contribution in [0.2, 0.25) is 10.0 Å². The standard InChI is InChI=1S/C24H30Cl2N2O2/c1-5-6-11-27-24(30)18(4)28(15-19-9-10-21(25)14-22(19)26)23(29)13-20-12-16(2)7-8-17(20)3/h7-10,12,14,18H,5-6,11,13,15H2,1-4H3,(H,27,30)/t18-/m0/s1. The number of carbonyl (C=O) groups is 2. The van der Waals surface area contributed by atoms with Crippen LogP contribution < -0.4 is 5.32 Å². The molecule has 0 aliphatic rings. The molecule has 0 heterocycles. The topological polar surface area (TPSA) is 49.4 Å². The number of hydrogen-bond donors (Lipinski definition) is 1. The van der Waals surface area contributed by atoms with Crippen LogP contribution in [0.5, 0.6) is 0 Å². The molecule has 2 aromatic rings. The number of halogens is 2. The quantitative estimate of drug-likeness (QED) is 0.515. The largest absolute Gasteiger partial charge is 0.354 e. The number of unbranched alkanes of at least 4 members (excludes halogenated alkanes) is 1. The lowest BCUT2D eigenvalue weighted by Gasteiger charge is -2.29. The van der Waals surface area contributed by atoms with Gasteiger partial charge in [0.05, 0.1) is 6.42 Å². The molecule has 0 unspecified atom stereocenters. The van der Waals surface area contributed by atoms with E-state index in [4.69, 9.17) is 23.2 Å². The molecular formula is C24H30Cl2N2O2. The Morgan fingerprint density at radius 2 is 1.80 bits per heavy atom. The fourth-order valence-electron chi connectivity index (χ4n) is 3.21. The molecular weight excluding hydrogens is 419 g/mol.